The first kappa shape index (κ1) is 17.3. The van der Waals surface area contributed by atoms with Gasteiger partial charge in [-0.05, 0) is 49.2 Å². The predicted octanol–water partition coefficient (Wildman–Crippen LogP) is 3.59. The third-order valence-electron chi connectivity index (χ3n) is 4.16. The summed E-state index contributed by atoms with van der Waals surface area (Å²) in [5, 5.41) is 0.712. The van der Waals surface area contributed by atoms with Crippen molar-refractivity contribution in [2.75, 3.05) is 19.6 Å². The minimum absolute atomic E-state index is 0. The molecule has 1 aliphatic rings. The minimum atomic E-state index is 0. The zero-order valence-electron chi connectivity index (χ0n) is 12.6. The van der Waals surface area contributed by atoms with E-state index in [1.54, 1.807) is 6.26 Å². The van der Waals surface area contributed by atoms with E-state index in [-0.39, 0.29) is 17.8 Å². The van der Waals surface area contributed by atoms with E-state index in [9.17, 15) is 0 Å². The summed E-state index contributed by atoms with van der Waals surface area (Å²) < 4.78 is 5.57. The Hall–Kier alpha value is -1.07. The largest absolute Gasteiger partial charge is 0.444 e. The molecule has 120 valence electrons. The van der Waals surface area contributed by atoms with Crippen molar-refractivity contribution in [3.05, 3.63) is 41.2 Å². The lowest BCUT2D eigenvalue weighted by atomic mass is 9.90. The Morgan fingerprint density at radius 2 is 2.09 bits per heavy atom. The molecule has 2 heterocycles. The molecule has 6 heteroatoms. The fraction of sp³-hybridized carbons (Fsp3) is 0.438. The Morgan fingerprint density at radius 3 is 2.73 bits per heavy atom. The van der Waals surface area contributed by atoms with Gasteiger partial charge in [0.05, 0.1) is 5.69 Å². The van der Waals surface area contributed by atoms with Crippen LogP contribution in [0.3, 0.4) is 0 Å². The van der Waals surface area contributed by atoms with Gasteiger partial charge in [0.1, 0.15) is 6.26 Å². The lowest BCUT2D eigenvalue weighted by Gasteiger charge is -2.21. The maximum absolute atomic E-state index is 5.89. The van der Waals surface area contributed by atoms with Gasteiger partial charge in [-0.2, -0.15) is 0 Å². The molecule has 4 nitrogen and oxygen atoms in total. The number of oxazole rings is 1. The number of rotatable bonds is 4. The van der Waals surface area contributed by atoms with Crippen LogP contribution in [0.1, 0.15) is 19.0 Å². The van der Waals surface area contributed by atoms with Gasteiger partial charge < -0.3 is 10.2 Å². The zero-order chi connectivity index (χ0) is 14.9. The highest BCUT2D eigenvalue weighted by Crippen LogP contribution is 2.29. The third kappa shape index (κ3) is 3.82. The molecule has 0 amide bonds. The molecule has 1 aromatic heterocycles. The molecule has 0 saturated carbocycles. The first-order chi connectivity index (χ1) is 10.1. The number of nitrogens with zero attached hydrogens (tertiary/aromatic N) is 2. The van der Waals surface area contributed by atoms with Crippen molar-refractivity contribution < 1.29 is 4.42 Å². The smallest absolute Gasteiger partial charge is 0.226 e. The van der Waals surface area contributed by atoms with Crippen LogP contribution in [0.2, 0.25) is 5.02 Å². The highest BCUT2D eigenvalue weighted by Gasteiger charge is 2.32. The summed E-state index contributed by atoms with van der Waals surface area (Å²) in [6, 6.07) is 7.51. The highest BCUT2D eigenvalue weighted by molar-refractivity contribution is 6.30. The monoisotopic (exact) mass is 341 g/mol. The van der Waals surface area contributed by atoms with Gasteiger partial charge in [-0.25, -0.2) is 4.98 Å². The summed E-state index contributed by atoms with van der Waals surface area (Å²) in [5.41, 5.74) is 7.99. The molecule has 1 fully saturated rings. The second-order valence-electron chi connectivity index (χ2n) is 6.13. The predicted molar refractivity (Wildman–Crippen MR) is 91.3 cm³/mol. The number of hydrogen-bond donors (Lipinski definition) is 1. The van der Waals surface area contributed by atoms with Gasteiger partial charge >= 0.3 is 0 Å². The normalized spacial score (nSPS) is 21.8. The van der Waals surface area contributed by atoms with Crippen LogP contribution in [0.15, 0.2) is 34.9 Å². The van der Waals surface area contributed by atoms with E-state index in [0.29, 0.717) is 10.9 Å². The maximum Gasteiger partial charge on any atom is 0.226 e. The molecule has 1 unspecified atom stereocenters. The first-order valence-corrected chi connectivity index (χ1v) is 7.59. The van der Waals surface area contributed by atoms with Gasteiger partial charge in [0.2, 0.25) is 5.89 Å². The quantitative estimate of drug-likeness (QED) is 0.923. The number of halogens is 2. The molecule has 0 spiro atoms. The van der Waals surface area contributed by atoms with Gasteiger partial charge in [-0.3, -0.25) is 4.90 Å². The molecule has 2 aromatic rings. The number of likely N-dealkylation sites (tertiary alicyclic amines) is 1. The number of aromatic nitrogens is 1. The second-order valence-corrected chi connectivity index (χ2v) is 6.56. The standard InChI is InChI=1S/C16H20ClN3O.ClH/c1-16(10-18)6-7-20(11-16)8-14-9-21-15(19-14)12-2-4-13(17)5-3-12;/h2-5,9H,6-8,10-11,18H2,1H3;1H. The van der Waals surface area contributed by atoms with E-state index >= 15 is 0 Å². The van der Waals surface area contributed by atoms with E-state index in [2.05, 4.69) is 16.8 Å². The molecule has 1 atom stereocenters. The summed E-state index contributed by atoms with van der Waals surface area (Å²) in [5.74, 6) is 0.641. The van der Waals surface area contributed by atoms with Gasteiger partial charge in [0, 0.05) is 23.7 Å². The number of benzene rings is 1. The Bertz CT molecular complexity index is 614. The topological polar surface area (TPSA) is 55.3 Å². The second kappa shape index (κ2) is 7.01. The van der Waals surface area contributed by atoms with E-state index in [1.165, 1.54) is 0 Å². The van der Waals surface area contributed by atoms with Gasteiger partial charge in [0.15, 0.2) is 0 Å². The molecule has 1 saturated heterocycles. The molecule has 2 N–H and O–H groups in total. The van der Waals surface area contributed by atoms with Crippen LogP contribution < -0.4 is 5.73 Å². The summed E-state index contributed by atoms with van der Waals surface area (Å²) >= 11 is 5.89. The van der Waals surface area contributed by atoms with Crippen LogP contribution in [-0.2, 0) is 6.54 Å². The van der Waals surface area contributed by atoms with E-state index in [4.69, 9.17) is 21.8 Å². The third-order valence-corrected chi connectivity index (χ3v) is 4.41. The van der Waals surface area contributed by atoms with E-state index in [1.807, 2.05) is 24.3 Å². The highest BCUT2D eigenvalue weighted by atomic mass is 35.5. The average Bonchev–Trinajstić information content (AvgIpc) is 3.08. The Balaban J connectivity index is 0.00000176. The van der Waals surface area contributed by atoms with Crippen LogP contribution >= 0.6 is 24.0 Å². The minimum Gasteiger partial charge on any atom is -0.444 e. The van der Waals surface area contributed by atoms with Crippen LogP contribution in [0.4, 0.5) is 0 Å². The number of hydrogen-bond acceptors (Lipinski definition) is 4. The molecule has 0 radical (unpaired) electrons. The Labute approximate surface area is 142 Å². The van der Waals surface area contributed by atoms with Crippen molar-refractivity contribution in [3.63, 3.8) is 0 Å². The molecule has 1 aromatic carbocycles. The van der Waals surface area contributed by atoms with Crippen molar-refractivity contribution in [2.24, 2.45) is 11.1 Å². The van der Waals surface area contributed by atoms with Gasteiger partial charge in [-0.1, -0.05) is 18.5 Å². The molecule has 0 bridgehead atoms. The SMILES string of the molecule is CC1(CN)CCN(Cc2coc(-c3ccc(Cl)cc3)n2)C1.Cl. The zero-order valence-corrected chi connectivity index (χ0v) is 14.2. The fourth-order valence-corrected chi connectivity index (χ4v) is 2.89. The van der Waals surface area contributed by atoms with Crippen molar-refractivity contribution in [3.8, 4) is 11.5 Å². The lowest BCUT2D eigenvalue weighted by molar-refractivity contribution is 0.272. The van der Waals surface area contributed by atoms with Crippen molar-refractivity contribution in [1.29, 1.82) is 0 Å². The first-order valence-electron chi connectivity index (χ1n) is 7.21. The molecule has 3 rings (SSSR count). The summed E-state index contributed by atoms with van der Waals surface area (Å²) in [6.45, 7) is 5.88. The number of nitrogens with two attached hydrogens (primary N) is 1. The van der Waals surface area contributed by atoms with Crippen molar-refractivity contribution in [1.82, 2.24) is 9.88 Å². The van der Waals surface area contributed by atoms with Crippen LogP contribution in [0, 0.1) is 5.41 Å². The molecule has 0 aliphatic carbocycles. The van der Waals surface area contributed by atoms with Crippen molar-refractivity contribution in [2.45, 2.75) is 19.9 Å². The summed E-state index contributed by atoms with van der Waals surface area (Å²) in [6.07, 6.45) is 2.88. The van der Waals surface area contributed by atoms with Crippen molar-refractivity contribution >= 4 is 24.0 Å². The summed E-state index contributed by atoms with van der Waals surface area (Å²) in [7, 11) is 0. The van der Waals surface area contributed by atoms with Crippen LogP contribution in [-0.4, -0.2) is 29.5 Å². The molecule has 1 aliphatic heterocycles. The van der Waals surface area contributed by atoms with Gasteiger partial charge in [0.25, 0.3) is 0 Å². The lowest BCUT2D eigenvalue weighted by Crippen LogP contribution is -2.31. The van der Waals surface area contributed by atoms with Crippen LogP contribution in [0.5, 0.6) is 0 Å². The Morgan fingerprint density at radius 1 is 1.36 bits per heavy atom. The molecule has 22 heavy (non-hydrogen) atoms. The van der Waals surface area contributed by atoms with Crippen LogP contribution in [0.25, 0.3) is 11.5 Å². The van der Waals surface area contributed by atoms with E-state index in [0.717, 1.165) is 43.9 Å². The Kier molecular flexibility index (Phi) is 5.50. The average molecular weight is 342 g/mol. The fourth-order valence-electron chi connectivity index (χ4n) is 2.76. The van der Waals surface area contributed by atoms with E-state index < -0.39 is 0 Å². The molecular weight excluding hydrogens is 321 g/mol. The summed E-state index contributed by atoms with van der Waals surface area (Å²) in [4.78, 5) is 6.95. The van der Waals surface area contributed by atoms with Gasteiger partial charge in [-0.15, -0.1) is 12.4 Å². The maximum atomic E-state index is 5.89. The molecular formula is C16H21Cl2N3O.